The molecule has 0 aliphatic rings. The molecule has 1 aromatic carbocycles. The van der Waals surface area contributed by atoms with Gasteiger partial charge in [0.1, 0.15) is 0 Å². The van der Waals surface area contributed by atoms with E-state index in [9.17, 15) is 4.79 Å². The van der Waals surface area contributed by atoms with Crippen LogP contribution < -0.4 is 5.73 Å². The lowest BCUT2D eigenvalue weighted by Gasteiger charge is -1.99. The number of alkyl halides is 1. The molecule has 0 aromatic heterocycles. The Hall–Kier alpha value is -1.02. The molecule has 1 aromatic rings. The minimum absolute atomic E-state index is 0.0685. The zero-order chi connectivity index (χ0) is 10.9. The first-order chi connectivity index (χ1) is 6.49. The van der Waals surface area contributed by atoms with Gasteiger partial charge in [0.15, 0.2) is 5.78 Å². The highest BCUT2D eigenvalue weighted by Gasteiger charge is 2.05. The van der Waals surface area contributed by atoms with Crippen LogP contribution in [0.3, 0.4) is 0 Å². The fourth-order valence-electron chi connectivity index (χ4n) is 0.660. The summed E-state index contributed by atoms with van der Waals surface area (Å²) in [7, 11) is 0. The van der Waals surface area contributed by atoms with E-state index in [0.717, 1.165) is 6.07 Å². The Morgan fingerprint density at radius 2 is 2.45 bits per heavy atom. The number of para-hydroxylation sites is 1. The molecule has 0 saturated carbocycles. The van der Waals surface area contributed by atoms with Gasteiger partial charge in [0.25, 0.3) is 0 Å². The van der Waals surface area contributed by atoms with E-state index in [1.54, 1.807) is 0 Å². The molecule has 0 heterocycles. The molecular formula is C8H8ClNO. The van der Waals surface area contributed by atoms with E-state index in [-0.39, 0.29) is 35.3 Å². The summed E-state index contributed by atoms with van der Waals surface area (Å²) in [5.41, 5.74) is 5.24. The lowest BCUT2D eigenvalue weighted by atomic mass is 10.1. The van der Waals surface area contributed by atoms with Gasteiger partial charge in [-0.15, -0.1) is 11.6 Å². The van der Waals surface area contributed by atoms with Crippen LogP contribution in [0.2, 0.25) is 0 Å². The summed E-state index contributed by atoms with van der Waals surface area (Å²) in [6.45, 7) is 0. The average Bonchev–Trinajstić information content (AvgIpc) is 2.14. The molecule has 2 N–H and O–H groups in total. The van der Waals surface area contributed by atoms with Crippen molar-refractivity contribution >= 4 is 23.1 Å². The van der Waals surface area contributed by atoms with Crippen molar-refractivity contribution in [2.24, 2.45) is 0 Å². The Morgan fingerprint density at radius 1 is 1.73 bits per heavy atom. The van der Waals surface area contributed by atoms with Crippen LogP contribution in [0.15, 0.2) is 24.2 Å². The van der Waals surface area contributed by atoms with E-state index < -0.39 is 5.78 Å². The Morgan fingerprint density at radius 3 is 3.09 bits per heavy atom. The molecule has 0 radical (unpaired) electrons. The smallest absolute Gasteiger partial charge is 0.179 e. The van der Waals surface area contributed by atoms with Crippen LogP contribution in [0.4, 0.5) is 5.69 Å². The van der Waals surface area contributed by atoms with Crippen LogP contribution in [0.25, 0.3) is 0 Å². The molecule has 2 nitrogen and oxygen atoms in total. The summed E-state index contributed by atoms with van der Waals surface area (Å²) in [6, 6.07) is 0.542. The highest BCUT2D eigenvalue weighted by molar-refractivity contribution is 6.31. The molecule has 0 aliphatic carbocycles. The molecule has 0 unspecified atom stereocenters. The fourth-order valence-corrected chi connectivity index (χ4v) is 0.793. The maximum absolute atomic E-state index is 11.2. The highest BCUT2D eigenvalue weighted by atomic mass is 35.5. The number of carbonyl (C=O) groups is 1. The molecule has 1 rings (SSSR count). The second-order valence-electron chi connectivity index (χ2n) is 1.90. The van der Waals surface area contributed by atoms with Crippen molar-refractivity contribution in [3.8, 4) is 0 Å². The normalized spacial score (nSPS) is 13.4. The first-order valence-electron chi connectivity index (χ1n) is 4.44. The van der Waals surface area contributed by atoms with E-state index in [4.69, 9.17) is 21.4 Å². The summed E-state index contributed by atoms with van der Waals surface area (Å²) >= 11 is 5.33. The van der Waals surface area contributed by atoms with Crippen molar-refractivity contribution in [3.63, 3.8) is 0 Å². The standard InChI is InChI=1S/C8H8ClNO/c9-5-8(11)6-3-1-2-4-7(6)10/h1-4H,5,10H2/i1+1,2D,3D,4D. The number of hydrogen-bond donors (Lipinski definition) is 1. The molecular weight excluding hydrogens is 163 g/mol. The fraction of sp³-hybridized carbons (Fsp3) is 0.125. The number of carbonyl (C=O) groups excluding carboxylic acids is 1. The van der Waals surface area contributed by atoms with E-state index in [2.05, 4.69) is 0 Å². The zero-order valence-electron chi connectivity index (χ0n) is 8.65. The predicted molar refractivity (Wildman–Crippen MR) is 45.9 cm³/mol. The second kappa shape index (κ2) is 3.39. The quantitative estimate of drug-likeness (QED) is 0.420. The minimum atomic E-state index is -0.498. The number of benzene rings is 1. The van der Waals surface area contributed by atoms with Crippen molar-refractivity contribution in [2.75, 3.05) is 11.6 Å². The van der Waals surface area contributed by atoms with Crippen LogP contribution >= 0.6 is 11.6 Å². The topological polar surface area (TPSA) is 43.1 Å². The molecule has 11 heavy (non-hydrogen) atoms. The lowest BCUT2D eigenvalue weighted by Crippen LogP contribution is -2.03. The van der Waals surface area contributed by atoms with E-state index in [1.165, 1.54) is 0 Å². The van der Waals surface area contributed by atoms with Gasteiger partial charge >= 0.3 is 0 Å². The van der Waals surface area contributed by atoms with E-state index >= 15 is 0 Å². The van der Waals surface area contributed by atoms with Crippen molar-refractivity contribution in [2.45, 2.75) is 0 Å². The van der Waals surface area contributed by atoms with Gasteiger partial charge in [-0.3, -0.25) is 4.79 Å². The van der Waals surface area contributed by atoms with Crippen molar-refractivity contribution in [1.82, 2.24) is 0 Å². The molecule has 0 atom stereocenters. The second-order valence-corrected chi connectivity index (χ2v) is 2.17. The SMILES string of the molecule is [2H]c1[13cH]c([2H])c(C(=O)CCl)c(N)c1[2H]. The Kier molecular flexibility index (Phi) is 1.47. The van der Waals surface area contributed by atoms with Crippen LogP contribution in [-0.4, -0.2) is 11.7 Å². The Balaban J connectivity index is 3.44. The largest absolute Gasteiger partial charge is 0.398 e. The van der Waals surface area contributed by atoms with E-state index in [0.29, 0.717) is 0 Å². The van der Waals surface area contributed by atoms with Gasteiger partial charge in [-0.2, -0.15) is 0 Å². The summed E-state index contributed by atoms with van der Waals surface area (Å²) in [6.07, 6.45) is 0. The van der Waals surface area contributed by atoms with Gasteiger partial charge < -0.3 is 5.73 Å². The third-order valence-electron chi connectivity index (χ3n) is 1.17. The number of Topliss-reactive ketones (excluding diaryl/α,β-unsaturated/α-hetero) is 1. The number of nitrogen functional groups attached to an aromatic ring is 1. The van der Waals surface area contributed by atoms with Gasteiger partial charge in [0, 0.05) is 11.3 Å². The summed E-state index contributed by atoms with van der Waals surface area (Å²) in [4.78, 5) is 11.2. The lowest BCUT2D eigenvalue weighted by molar-refractivity contribution is 0.102. The molecule has 0 saturated heterocycles. The van der Waals surface area contributed by atoms with Crippen molar-refractivity contribution in [3.05, 3.63) is 29.8 Å². The molecule has 3 heteroatoms. The zero-order valence-corrected chi connectivity index (χ0v) is 6.40. The average molecular weight is 174 g/mol. The molecule has 0 aliphatic heterocycles. The number of halogens is 1. The number of ketones is 1. The molecule has 0 amide bonds. The Bertz CT molecular complexity index is 395. The van der Waals surface area contributed by atoms with Crippen LogP contribution in [0.1, 0.15) is 14.5 Å². The van der Waals surface area contributed by atoms with Gasteiger partial charge in [0.2, 0.25) is 0 Å². The molecule has 0 bridgehead atoms. The third-order valence-corrected chi connectivity index (χ3v) is 1.41. The maximum atomic E-state index is 11.2. The van der Waals surface area contributed by atoms with Crippen LogP contribution in [0, 0.1) is 0 Å². The third kappa shape index (κ3) is 1.71. The van der Waals surface area contributed by atoms with Gasteiger partial charge in [-0.1, -0.05) is 12.1 Å². The Labute approximate surface area is 74.2 Å². The number of anilines is 1. The van der Waals surface area contributed by atoms with Crippen molar-refractivity contribution in [1.29, 1.82) is 0 Å². The van der Waals surface area contributed by atoms with E-state index in [1.807, 2.05) is 0 Å². The predicted octanol–water partition coefficient (Wildman–Crippen LogP) is 1.69. The number of hydrogen-bond acceptors (Lipinski definition) is 2. The monoisotopic (exact) mass is 173 g/mol. The van der Waals surface area contributed by atoms with Gasteiger partial charge in [-0.25, -0.2) is 0 Å². The molecule has 58 valence electrons. The summed E-state index contributed by atoms with van der Waals surface area (Å²) in [5, 5.41) is 0. The number of nitrogens with two attached hydrogens (primary N) is 1. The molecule has 0 spiro atoms. The highest BCUT2D eigenvalue weighted by Crippen LogP contribution is 2.11. The first-order valence-corrected chi connectivity index (χ1v) is 3.48. The molecule has 0 fully saturated rings. The summed E-state index contributed by atoms with van der Waals surface area (Å²) in [5.74, 6) is -0.782. The first kappa shape index (κ1) is 4.78. The number of rotatable bonds is 2. The maximum Gasteiger partial charge on any atom is 0.179 e. The summed E-state index contributed by atoms with van der Waals surface area (Å²) < 4.78 is 22.0. The van der Waals surface area contributed by atoms with Gasteiger partial charge in [-0.05, 0) is 12.1 Å². The van der Waals surface area contributed by atoms with Crippen LogP contribution in [-0.2, 0) is 0 Å². The van der Waals surface area contributed by atoms with Crippen molar-refractivity contribution < 1.29 is 8.91 Å². The van der Waals surface area contributed by atoms with Crippen LogP contribution in [0.5, 0.6) is 0 Å². The minimum Gasteiger partial charge on any atom is -0.398 e. The van der Waals surface area contributed by atoms with Gasteiger partial charge in [0.05, 0.1) is 9.99 Å².